The normalized spacial score (nSPS) is 14.3. The van der Waals surface area contributed by atoms with Crippen LogP contribution < -0.4 is 0 Å². The van der Waals surface area contributed by atoms with Gasteiger partial charge >= 0.3 is 13.8 Å². The van der Waals surface area contributed by atoms with Crippen LogP contribution in [0.5, 0.6) is 0 Å². The predicted octanol–water partition coefficient (Wildman–Crippen LogP) is 12.0. The highest BCUT2D eigenvalue weighted by Gasteiger charge is 2.26. The Morgan fingerprint density at radius 1 is 0.615 bits per heavy atom. The quantitative estimate of drug-likeness (QED) is 0.0221. The minimum absolute atomic E-state index is 0.0862. The summed E-state index contributed by atoms with van der Waals surface area (Å²) in [5.41, 5.74) is 0. The van der Waals surface area contributed by atoms with Gasteiger partial charge in [-0.25, -0.2) is 4.57 Å². The van der Waals surface area contributed by atoms with Crippen LogP contribution in [0, 0.1) is 0 Å². The molecular weight excluding hydrogens is 673 g/mol. The second kappa shape index (κ2) is 36.4. The summed E-state index contributed by atoms with van der Waals surface area (Å²) in [4.78, 5) is 22.8. The van der Waals surface area contributed by atoms with E-state index in [2.05, 4.69) is 62.5 Å². The maximum absolute atomic E-state index is 12.7. The third-order valence-electron chi connectivity index (χ3n) is 8.65. The van der Waals surface area contributed by atoms with E-state index in [0.717, 1.165) is 64.2 Å². The highest BCUT2D eigenvalue weighted by molar-refractivity contribution is 7.47. The van der Waals surface area contributed by atoms with Gasteiger partial charge in [0.1, 0.15) is 19.3 Å². The average Bonchev–Trinajstić information content (AvgIpc) is 3.09. The lowest BCUT2D eigenvalue weighted by Gasteiger charge is -2.24. The number of esters is 1. The molecule has 0 heterocycles. The first kappa shape index (κ1) is 50.5. The summed E-state index contributed by atoms with van der Waals surface area (Å²) >= 11 is 0. The van der Waals surface area contributed by atoms with E-state index in [-0.39, 0.29) is 25.8 Å². The van der Waals surface area contributed by atoms with E-state index in [1.165, 1.54) is 77.0 Å². The van der Waals surface area contributed by atoms with Crippen LogP contribution in [-0.4, -0.2) is 75.6 Å². The van der Waals surface area contributed by atoms with Gasteiger partial charge in [-0.05, 0) is 51.4 Å². The molecule has 2 unspecified atom stereocenters. The van der Waals surface area contributed by atoms with E-state index in [1.54, 1.807) is 0 Å². The van der Waals surface area contributed by atoms with Gasteiger partial charge < -0.3 is 18.9 Å². The van der Waals surface area contributed by atoms with E-state index in [0.29, 0.717) is 24.1 Å². The topological polar surface area (TPSA) is 91.3 Å². The van der Waals surface area contributed by atoms with Gasteiger partial charge in [0.25, 0.3) is 0 Å². The van der Waals surface area contributed by atoms with Crippen molar-refractivity contribution in [1.82, 2.24) is 0 Å². The third kappa shape index (κ3) is 39.7. The zero-order valence-corrected chi connectivity index (χ0v) is 35.2. The van der Waals surface area contributed by atoms with Gasteiger partial charge in [-0.2, -0.15) is 0 Å². The number of ether oxygens (including phenoxy) is 2. The van der Waals surface area contributed by atoms with Gasteiger partial charge in [-0.15, -0.1) is 0 Å². The zero-order chi connectivity index (χ0) is 38.4. The first-order valence-electron chi connectivity index (χ1n) is 20.9. The molecule has 0 rings (SSSR count). The third-order valence-corrected chi connectivity index (χ3v) is 9.64. The summed E-state index contributed by atoms with van der Waals surface area (Å²) in [5, 5.41) is 0. The van der Waals surface area contributed by atoms with Crippen LogP contribution in [0.15, 0.2) is 48.6 Å². The molecule has 9 heteroatoms. The van der Waals surface area contributed by atoms with Crippen molar-refractivity contribution in [1.29, 1.82) is 0 Å². The van der Waals surface area contributed by atoms with E-state index in [9.17, 15) is 14.3 Å². The highest BCUT2D eigenvalue weighted by Crippen LogP contribution is 2.43. The lowest BCUT2D eigenvalue weighted by molar-refractivity contribution is -0.870. The lowest BCUT2D eigenvalue weighted by atomic mass is 10.1. The van der Waals surface area contributed by atoms with Crippen LogP contribution in [0.1, 0.15) is 162 Å². The van der Waals surface area contributed by atoms with Crippen LogP contribution in [0.3, 0.4) is 0 Å². The first-order valence-corrected chi connectivity index (χ1v) is 22.4. The monoisotopic (exact) mass is 755 g/mol. The summed E-state index contributed by atoms with van der Waals surface area (Å²) < 4.78 is 34.9. The fraction of sp³-hybridized carbons (Fsp3) is 0.791. The van der Waals surface area contributed by atoms with Gasteiger partial charge in [0.05, 0.1) is 34.4 Å². The molecule has 0 saturated heterocycles. The molecule has 0 aromatic carbocycles. The molecular formula is C43H81NO7P+. The highest BCUT2D eigenvalue weighted by atomic mass is 31.2. The Morgan fingerprint density at radius 2 is 1.12 bits per heavy atom. The van der Waals surface area contributed by atoms with Crippen LogP contribution in [0.2, 0.25) is 0 Å². The Balaban J connectivity index is 4.19. The Labute approximate surface area is 320 Å². The van der Waals surface area contributed by atoms with Crippen LogP contribution in [0.4, 0.5) is 0 Å². The molecule has 0 saturated carbocycles. The Bertz CT molecular complexity index is 973. The molecule has 0 aliphatic rings. The van der Waals surface area contributed by atoms with Gasteiger partial charge in [-0.3, -0.25) is 13.8 Å². The number of nitrogens with zero attached hydrogens (tertiary/aromatic N) is 1. The molecule has 304 valence electrons. The molecule has 1 N–H and O–H groups in total. The van der Waals surface area contributed by atoms with E-state index >= 15 is 0 Å². The molecule has 8 nitrogen and oxygen atoms in total. The minimum Gasteiger partial charge on any atom is -0.457 e. The van der Waals surface area contributed by atoms with Gasteiger partial charge in [-0.1, -0.05) is 152 Å². The Morgan fingerprint density at radius 3 is 1.67 bits per heavy atom. The first-order chi connectivity index (χ1) is 25.1. The number of allylic oxidation sites excluding steroid dienone is 8. The molecule has 2 atom stereocenters. The van der Waals surface area contributed by atoms with Crippen LogP contribution >= 0.6 is 7.82 Å². The number of phosphoric acid groups is 1. The number of quaternary nitrogens is 1. The molecule has 0 bridgehead atoms. The fourth-order valence-electron chi connectivity index (χ4n) is 5.42. The number of unbranched alkanes of at least 4 members (excludes halogenated alkanes) is 16. The summed E-state index contributed by atoms with van der Waals surface area (Å²) in [5.74, 6) is -0.324. The van der Waals surface area contributed by atoms with Crippen molar-refractivity contribution < 1.29 is 37.3 Å². The average molecular weight is 755 g/mol. The minimum atomic E-state index is -4.27. The summed E-state index contributed by atoms with van der Waals surface area (Å²) in [6, 6.07) is 0. The fourth-order valence-corrected chi connectivity index (χ4v) is 6.17. The molecule has 0 radical (unpaired) electrons. The largest absolute Gasteiger partial charge is 0.472 e. The summed E-state index contributed by atoms with van der Waals surface area (Å²) in [6.45, 7) is 5.48. The van der Waals surface area contributed by atoms with Crippen molar-refractivity contribution in [3.8, 4) is 0 Å². The van der Waals surface area contributed by atoms with E-state index in [4.69, 9.17) is 18.5 Å². The zero-order valence-electron chi connectivity index (χ0n) is 34.3. The number of hydrogen-bond acceptors (Lipinski definition) is 6. The molecule has 0 aromatic heterocycles. The Kier molecular flexibility index (Phi) is 35.4. The lowest BCUT2D eigenvalue weighted by Crippen LogP contribution is -2.37. The van der Waals surface area contributed by atoms with Crippen molar-refractivity contribution in [3.63, 3.8) is 0 Å². The number of phosphoric ester groups is 1. The maximum atomic E-state index is 12.7. The number of rotatable bonds is 38. The van der Waals surface area contributed by atoms with Gasteiger partial charge in [0, 0.05) is 13.0 Å². The smallest absolute Gasteiger partial charge is 0.457 e. The van der Waals surface area contributed by atoms with E-state index in [1.807, 2.05) is 21.1 Å². The SMILES string of the molecule is CC/C=C\C/C=C\C/C=C\C/C=C\CCCCCCCCCCC(=O)OC(COCCCCCCCCCCC)COP(=O)(O)OCC[N+](C)(C)C. The number of hydrogen-bond donors (Lipinski definition) is 1. The molecule has 0 aliphatic heterocycles. The van der Waals surface area contributed by atoms with Crippen LogP contribution in [-0.2, 0) is 27.9 Å². The van der Waals surface area contributed by atoms with Crippen molar-refractivity contribution in [2.24, 2.45) is 0 Å². The van der Waals surface area contributed by atoms with Crippen LogP contribution in [0.25, 0.3) is 0 Å². The number of likely N-dealkylation sites (N-methyl/N-ethyl adjacent to an activating group) is 1. The van der Waals surface area contributed by atoms with Crippen molar-refractivity contribution in [2.75, 3.05) is 54.1 Å². The molecule has 0 fully saturated rings. The molecule has 0 aromatic rings. The number of carbonyl (C=O) groups excluding carboxylic acids is 1. The number of carbonyl (C=O) groups is 1. The predicted molar refractivity (Wildman–Crippen MR) is 219 cm³/mol. The Hall–Kier alpha value is -1.54. The van der Waals surface area contributed by atoms with Gasteiger partial charge in [0.15, 0.2) is 0 Å². The second-order valence-corrected chi connectivity index (χ2v) is 16.4. The summed E-state index contributed by atoms with van der Waals surface area (Å²) in [6.07, 6.45) is 42.8. The molecule has 0 aliphatic carbocycles. The maximum Gasteiger partial charge on any atom is 0.472 e. The molecule has 52 heavy (non-hydrogen) atoms. The standard InChI is InChI=1S/C43H80NO7P/c1-6-8-10-12-14-16-17-18-19-20-21-22-23-24-25-26-27-28-30-32-34-36-43(45)51-42(41-50-52(46,47)49-39-37-44(3,4)5)40-48-38-35-33-31-29-15-13-11-9-7-2/h8,10,14,16,18-19,21-22,42H,6-7,9,11-13,15,17,20,23-41H2,1-5H3/p+1/b10-8-,16-14-,19-18-,22-21-. The van der Waals surface area contributed by atoms with E-state index < -0.39 is 13.9 Å². The van der Waals surface area contributed by atoms with Crippen molar-refractivity contribution in [3.05, 3.63) is 48.6 Å². The molecule has 0 spiro atoms. The van der Waals surface area contributed by atoms with Gasteiger partial charge in [0.2, 0.25) is 0 Å². The van der Waals surface area contributed by atoms with Crippen molar-refractivity contribution in [2.45, 2.75) is 168 Å². The second-order valence-electron chi connectivity index (χ2n) is 15.0. The van der Waals surface area contributed by atoms with Crippen molar-refractivity contribution >= 4 is 13.8 Å². The molecule has 0 amide bonds. The summed E-state index contributed by atoms with van der Waals surface area (Å²) in [7, 11) is 1.66.